The quantitative estimate of drug-likeness (QED) is 0.537. The van der Waals surface area contributed by atoms with Crippen molar-refractivity contribution in [2.75, 3.05) is 6.61 Å². The van der Waals surface area contributed by atoms with Crippen LogP contribution in [0, 0.1) is 0 Å². The Bertz CT molecular complexity index is 130. The molecule has 0 aromatic heterocycles. The van der Waals surface area contributed by atoms with Crippen LogP contribution in [0.2, 0.25) is 0 Å². The zero-order chi connectivity index (χ0) is 8.53. The van der Waals surface area contributed by atoms with Gasteiger partial charge in [-0.05, 0) is 30.7 Å². The van der Waals surface area contributed by atoms with Crippen molar-refractivity contribution in [3.8, 4) is 0 Å². The molecule has 0 rings (SSSR count). The third-order valence-corrected chi connectivity index (χ3v) is 2.11. The van der Waals surface area contributed by atoms with Crippen molar-refractivity contribution >= 4 is 15.9 Å². The maximum atomic E-state index is 8.53. The van der Waals surface area contributed by atoms with E-state index < -0.39 is 0 Å². The summed E-state index contributed by atoms with van der Waals surface area (Å²) in [6.07, 6.45) is 5.84. The first-order valence-corrected chi connectivity index (χ1v) is 4.76. The van der Waals surface area contributed by atoms with Gasteiger partial charge in [0.15, 0.2) is 0 Å². The van der Waals surface area contributed by atoms with Crippen LogP contribution in [0.3, 0.4) is 0 Å². The third kappa shape index (κ3) is 6.32. The first kappa shape index (κ1) is 10.9. The minimum Gasteiger partial charge on any atom is -0.396 e. The van der Waals surface area contributed by atoms with E-state index in [0.717, 1.165) is 25.7 Å². The molecule has 0 amide bonds. The minimum atomic E-state index is 0.295. The Labute approximate surface area is 76.9 Å². The summed E-state index contributed by atoms with van der Waals surface area (Å²) in [5, 5.41) is 8.53. The van der Waals surface area contributed by atoms with Crippen molar-refractivity contribution in [2.45, 2.75) is 25.7 Å². The van der Waals surface area contributed by atoms with Gasteiger partial charge in [-0.2, -0.15) is 0 Å². The van der Waals surface area contributed by atoms with Gasteiger partial charge in [0.1, 0.15) is 0 Å². The topological polar surface area (TPSA) is 20.2 Å². The molecule has 1 nitrogen and oxygen atoms in total. The second-order valence-corrected chi connectivity index (χ2v) is 2.90. The van der Waals surface area contributed by atoms with E-state index in [9.17, 15) is 0 Å². The molecule has 0 spiro atoms. The van der Waals surface area contributed by atoms with E-state index >= 15 is 0 Å². The molecule has 0 heterocycles. The Hall–Kier alpha value is -0.0800. The standard InChI is InChI=1S/C9H15BrO/c1-2-5-9(8-10)6-3-4-7-11/h2,8,11H,1,3-7H2/b9-8+. The molecule has 0 aliphatic rings. The Balaban J connectivity index is 3.45. The van der Waals surface area contributed by atoms with Crippen LogP contribution in [-0.2, 0) is 0 Å². The van der Waals surface area contributed by atoms with Crippen molar-refractivity contribution in [1.82, 2.24) is 0 Å². The Morgan fingerprint density at radius 3 is 2.64 bits per heavy atom. The van der Waals surface area contributed by atoms with Gasteiger partial charge in [0.2, 0.25) is 0 Å². The summed E-state index contributed by atoms with van der Waals surface area (Å²) in [6, 6.07) is 0. The molecule has 0 aromatic carbocycles. The fourth-order valence-corrected chi connectivity index (χ4v) is 1.27. The monoisotopic (exact) mass is 218 g/mol. The highest BCUT2D eigenvalue weighted by Gasteiger charge is 1.93. The Morgan fingerprint density at radius 1 is 1.45 bits per heavy atom. The van der Waals surface area contributed by atoms with Gasteiger partial charge < -0.3 is 5.11 Å². The molecule has 0 saturated carbocycles. The summed E-state index contributed by atoms with van der Waals surface area (Å²) < 4.78 is 0. The SMILES string of the molecule is C=CC/C(=C\Br)CCCCO. The number of hydrogen-bond donors (Lipinski definition) is 1. The van der Waals surface area contributed by atoms with Crippen LogP contribution in [0.15, 0.2) is 23.2 Å². The van der Waals surface area contributed by atoms with Gasteiger partial charge in [-0.1, -0.05) is 27.6 Å². The zero-order valence-corrected chi connectivity index (χ0v) is 8.31. The molecule has 0 bridgehead atoms. The van der Waals surface area contributed by atoms with Gasteiger partial charge in [0.05, 0.1) is 0 Å². The van der Waals surface area contributed by atoms with E-state index in [1.807, 2.05) is 11.1 Å². The highest BCUT2D eigenvalue weighted by Crippen LogP contribution is 2.13. The Kier molecular flexibility index (Phi) is 7.96. The largest absolute Gasteiger partial charge is 0.396 e. The van der Waals surface area contributed by atoms with E-state index in [1.165, 1.54) is 5.57 Å². The summed E-state index contributed by atoms with van der Waals surface area (Å²) in [6.45, 7) is 3.96. The summed E-state index contributed by atoms with van der Waals surface area (Å²) in [5.74, 6) is 0. The zero-order valence-electron chi connectivity index (χ0n) is 6.72. The lowest BCUT2D eigenvalue weighted by atomic mass is 10.1. The second-order valence-electron chi connectivity index (χ2n) is 2.44. The predicted molar refractivity (Wildman–Crippen MR) is 52.8 cm³/mol. The molecule has 0 fully saturated rings. The molecule has 11 heavy (non-hydrogen) atoms. The molecule has 64 valence electrons. The van der Waals surface area contributed by atoms with E-state index in [2.05, 4.69) is 22.5 Å². The summed E-state index contributed by atoms with van der Waals surface area (Å²) >= 11 is 3.30. The molecule has 2 heteroatoms. The first-order chi connectivity index (χ1) is 5.35. The van der Waals surface area contributed by atoms with Crippen molar-refractivity contribution in [3.63, 3.8) is 0 Å². The smallest absolute Gasteiger partial charge is 0.0431 e. The summed E-state index contributed by atoms with van der Waals surface area (Å²) in [5.41, 5.74) is 1.34. The second kappa shape index (κ2) is 8.02. The molecular formula is C9H15BrO. The third-order valence-electron chi connectivity index (χ3n) is 1.47. The van der Waals surface area contributed by atoms with Crippen LogP contribution in [0.1, 0.15) is 25.7 Å². The predicted octanol–water partition coefficient (Wildman–Crippen LogP) is 3.00. The number of rotatable bonds is 6. The average Bonchev–Trinajstić information content (AvgIpc) is 2.03. The van der Waals surface area contributed by atoms with Crippen molar-refractivity contribution in [3.05, 3.63) is 23.2 Å². The molecule has 0 unspecified atom stereocenters. The van der Waals surface area contributed by atoms with Crippen LogP contribution in [0.4, 0.5) is 0 Å². The van der Waals surface area contributed by atoms with E-state index in [0.29, 0.717) is 6.61 Å². The number of aliphatic hydroxyl groups is 1. The van der Waals surface area contributed by atoms with Crippen LogP contribution in [-0.4, -0.2) is 11.7 Å². The number of hydrogen-bond acceptors (Lipinski definition) is 1. The average molecular weight is 219 g/mol. The normalized spacial score (nSPS) is 11.6. The molecule has 0 radical (unpaired) electrons. The molecular weight excluding hydrogens is 204 g/mol. The van der Waals surface area contributed by atoms with Gasteiger partial charge in [-0.25, -0.2) is 0 Å². The van der Waals surface area contributed by atoms with E-state index in [-0.39, 0.29) is 0 Å². The number of halogens is 1. The lowest BCUT2D eigenvalue weighted by Crippen LogP contribution is -1.85. The molecule has 0 saturated heterocycles. The summed E-state index contributed by atoms with van der Waals surface area (Å²) in [4.78, 5) is 1.95. The highest BCUT2D eigenvalue weighted by atomic mass is 79.9. The van der Waals surface area contributed by atoms with E-state index in [1.54, 1.807) is 0 Å². The van der Waals surface area contributed by atoms with Crippen molar-refractivity contribution < 1.29 is 5.11 Å². The van der Waals surface area contributed by atoms with Gasteiger partial charge in [-0.15, -0.1) is 6.58 Å². The molecule has 0 aromatic rings. The van der Waals surface area contributed by atoms with Gasteiger partial charge in [0, 0.05) is 6.61 Å². The number of allylic oxidation sites excluding steroid dienone is 2. The van der Waals surface area contributed by atoms with Crippen molar-refractivity contribution in [2.24, 2.45) is 0 Å². The van der Waals surface area contributed by atoms with Crippen molar-refractivity contribution in [1.29, 1.82) is 0 Å². The number of unbranched alkanes of at least 4 members (excludes halogenated alkanes) is 1. The van der Waals surface area contributed by atoms with Gasteiger partial charge in [-0.3, -0.25) is 0 Å². The van der Waals surface area contributed by atoms with Gasteiger partial charge >= 0.3 is 0 Å². The first-order valence-electron chi connectivity index (χ1n) is 3.85. The molecule has 0 atom stereocenters. The fourth-order valence-electron chi connectivity index (χ4n) is 0.850. The lowest BCUT2D eigenvalue weighted by molar-refractivity contribution is 0.284. The van der Waals surface area contributed by atoms with E-state index in [4.69, 9.17) is 5.11 Å². The van der Waals surface area contributed by atoms with Crippen LogP contribution < -0.4 is 0 Å². The van der Waals surface area contributed by atoms with Crippen LogP contribution in [0.25, 0.3) is 0 Å². The molecule has 0 aliphatic carbocycles. The van der Waals surface area contributed by atoms with Crippen LogP contribution in [0.5, 0.6) is 0 Å². The lowest BCUT2D eigenvalue weighted by Gasteiger charge is -2.01. The Morgan fingerprint density at radius 2 is 2.18 bits per heavy atom. The molecule has 0 aliphatic heterocycles. The number of aliphatic hydroxyl groups excluding tert-OH is 1. The maximum absolute atomic E-state index is 8.53. The highest BCUT2D eigenvalue weighted by molar-refractivity contribution is 9.11. The van der Waals surface area contributed by atoms with Gasteiger partial charge in [0.25, 0.3) is 0 Å². The maximum Gasteiger partial charge on any atom is 0.0431 e. The fraction of sp³-hybridized carbons (Fsp3) is 0.556. The molecule has 1 N–H and O–H groups in total. The minimum absolute atomic E-state index is 0.295. The summed E-state index contributed by atoms with van der Waals surface area (Å²) in [7, 11) is 0. The van der Waals surface area contributed by atoms with Crippen LogP contribution >= 0.6 is 15.9 Å².